The summed E-state index contributed by atoms with van der Waals surface area (Å²) in [5, 5.41) is 0. The molecule has 0 amide bonds. The third-order valence-electron chi connectivity index (χ3n) is 5.93. The number of nitrogens with zero attached hydrogens (tertiary/aromatic N) is 1. The summed E-state index contributed by atoms with van der Waals surface area (Å²) in [5.74, 6) is -0.444. The number of hydrogen-bond acceptors (Lipinski definition) is 3. The molecule has 0 saturated heterocycles. The second-order valence-corrected chi connectivity index (χ2v) is 8.08. The van der Waals surface area contributed by atoms with Gasteiger partial charge >= 0.3 is 5.97 Å². The molecule has 4 nitrogen and oxygen atoms in total. The number of rotatable bonds is 12. The average Bonchev–Trinajstić information content (AvgIpc) is 3.37. The van der Waals surface area contributed by atoms with Crippen molar-refractivity contribution in [2.24, 2.45) is 0 Å². The van der Waals surface area contributed by atoms with Crippen LogP contribution < -0.4 is 0 Å². The Morgan fingerprint density at radius 2 is 1.73 bits per heavy atom. The van der Waals surface area contributed by atoms with E-state index in [1.165, 1.54) is 32.1 Å². The lowest BCUT2D eigenvalue weighted by Crippen LogP contribution is -2.14. The van der Waals surface area contributed by atoms with Crippen molar-refractivity contribution in [1.29, 1.82) is 0 Å². The number of ether oxygens (including phenoxy) is 1. The number of esters is 1. The number of hydrogen-bond donors (Lipinski definition) is 0. The molecule has 30 heavy (non-hydrogen) atoms. The van der Waals surface area contributed by atoms with Crippen molar-refractivity contribution in [2.45, 2.75) is 70.8 Å². The summed E-state index contributed by atoms with van der Waals surface area (Å²) < 4.78 is 7.52. The number of ketones is 1. The molecule has 0 saturated carbocycles. The molecular formula is C26H33NO3. The highest BCUT2D eigenvalue weighted by molar-refractivity contribution is 6.08. The van der Waals surface area contributed by atoms with E-state index in [1.807, 2.05) is 41.0 Å². The van der Waals surface area contributed by atoms with Gasteiger partial charge in [-0.25, -0.2) is 0 Å². The van der Waals surface area contributed by atoms with Gasteiger partial charge in [-0.15, -0.1) is 0 Å². The summed E-state index contributed by atoms with van der Waals surface area (Å²) >= 11 is 0. The topological polar surface area (TPSA) is 48.3 Å². The Bertz CT molecular complexity index is 863. The van der Waals surface area contributed by atoms with Crippen LogP contribution in [-0.2, 0) is 16.1 Å². The second-order valence-electron chi connectivity index (χ2n) is 8.08. The number of carbonyl (C=O) groups is 2. The van der Waals surface area contributed by atoms with Gasteiger partial charge in [0, 0.05) is 17.8 Å². The Kier molecular flexibility index (Phi) is 8.06. The minimum Gasteiger partial charge on any atom is -0.465 e. The molecule has 0 aliphatic carbocycles. The summed E-state index contributed by atoms with van der Waals surface area (Å²) in [6, 6.07) is 11.1. The predicted molar refractivity (Wildman–Crippen MR) is 121 cm³/mol. The molecule has 1 atom stereocenters. The first kappa shape index (κ1) is 22.1. The lowest BCUT2D eigenvalue weighted by Gasteiger charge is -2.10. The molecule has 1 aliphatic heterocycles. The fourth-order valence-electron chi connectivity index (χ4n) is 4.13. The van der Waals surface area contributed by atoms with Gasteiger partial charge in [-0.05, 0) is 30.5 Å². The maximum absolute atomic E-state index is 12.9. The number of aromatic nitrogens is 1. The lowest BCUT2D eigenvalue weighted by molar-refractivity contribution is -0.145. The SMILES string of the molecule is C=Cc1ccc(C(=O)c2ccc3n2CCC3C(=O)OCCCCCCCCC)cc1. The molecule has 4 heteroatoms. The van der Waals surface area contributed by atoms with E-state index in [1.54, 1.807) is 6.08 Å². The van der Waals surface area contributed by atoms with Gasteiger partial charge in [-0.1, -0.05) is 82.4 Å². The van der Waals surface area contributed by atoms with Crippen molar-refractivity contribution >= 4 is 17.8 Å². The monoisotopic (exact) mass is 407 g/mol. The Balaban J connectivity index is 1.52. The summed E-state index contributed by atoms with van der Waals surface area (Å²) in [5.41, 5.74) is 3.16. The zero-order valence-corrected chi connectivity index (χ0v) is 18.1. The smallest absolute Gasteiger partial charge is 0.315 e. The third-order valence-corrected chi connectivity index (χ3v) is 5.93. The van der Waals surface area contributed by atoms with Gasteiger partial charge < -0.3 is 9.30 Å². The normalized spacial score (nSPS) is 15.0. The first-order chi connectivity index (χ1) is 14.7. The van der Waals surface area contributed by atoms with E-state index in [0.29, 0.717) is 30.8 Å². The first-order valence-corrected chi connectivity index (χ1v) is 11.3. The van der Waals surface area contributed by atoms with Crippen LogP contribution in [0.1, 0.15) is 91.5 Å². The lowest BCUT2D eigenvalue weighted by atomic mass is 10.0. The fraction of sp³-hybridized carbons (Fsp3) is 0.462. The maximum atomic E-state index is 12.9. The van der Waals surface area contributed by atoms with E-state index in [9.17, 15) is 9.59 Å². The molecule has 3 rings (SSSR count). The average molecular weight is 408 g/mol. The van der Waals surface area contributed by atoms with Crippen LogP contribution in [0.3, 0.4) is 0 Å². The van der Waals surface area contributed by atoms with Crippen LogP contribution >= 0.6 is 0 Å². The van der Waals surface area contributed by atoms with Crippen molar-refractivity contribution in [1.82, 2.24) is 4.57 Å². The van der Waals surface area contributed by atoms with Crippen molar-refractivity contribution < 1.29 is 14.3 Å². The van der Waals surface area contributed by atoms with E-state index in [-0.39, 0.29) is 17.7 Å². The Hall–Kier alpha value is -2.62. The van der Waals surface area contributed by atoms with E-state index < -0.39 is 0 Å². The molecule has 1 unspecified atom stereocenters. The van der Waals surface area contributed by atoms with E-state index in [2.05, 4.69) is 13.5 Å². The number of benzene rings is 1. The van der Waals surface area contributed by atoms with Crippen LogP contribution in [0.4, 0.5) is 0 Å². The summed E-state index contributed by atoms with van der Waals surface area (Å²) in [6.07, 6.45) is 10.8. The minimum atomic E-state index is -0.265. The molecule has 160 valence electrons. The molecule has 0 fully saturated rings. The largest absolute Gasteiger partial charge is 0.465 e. The standard InChI is InChI=1S/C26H33NO3/c1-3-5-6-7-8-9-10-19-30-26(29)22-17-18-27-23(22)15-16-24(27)25(28)21-13-11-20(4-2)12-14-21/h4,11-16,22H,2-3,5-10,17-19H2,1H3. The first-order valence-electron chi connectivity index (χ1n) is 11.3. The van der Waals surface area contributed by atoms with Gasteiger partial charge in [0.1, 0.15) is 0 Å². The summed E-state index contributed by atoms with van der Waals surface area (Å²) in [4.78, 5) is 25.5. The Morgan fingerprint density at radius 3 is 2.43 bits per heavy atom. The van der Waals surface area contributed by atoms with E-state index in [4.69, 9.17) is 4.74 Å². The van der Waals surface area contributed by atoms with Gasteiger partial charge in [0.15, 0.2) is 0 Å². The van der Waals surface area contributed by atoms with Gasteiger partial charge in [0.25, 0.3) is 0 Å². The zero-order valence-electron chi connectivity index (χ0n) is 18.1. The van der Waals surface area contributed by atoms with E-state index >= 15 is 0 Å². The van der Waals surface area contributed by atoms with Gasteiger partial charge in [0.2, 0.25) is 5.78 Å². The van der Waals surface area contributed by atoms with Crippen LogP contribution in [0.15, 0.2) is 43.0 Å². The molecule has 2 aromatic rings. The van der Waals surface area contributed by atoms with Gasteiger partial charge in [-0.2, -0.15) is 0 Å². The van der Waals surface area contributed by atoms with Crippen molar-refractivity contribution in [3.8, 4) is 0 Å². The van der Waals surface area contributed by atoms with E-state index in [0.717, 1.165) is 24.1 Å². The van der Waals surface area contributed by atoms with Crippen molar-refractivity contribution in [3.63, 3.8) is 0 Å². The second kappa shape index (κ2) is 11.0. The number of fused-ring (bicyclic) bond motifs is 1. The van der Waals surface area contributed by atoms with Crippen LogP contribution in [0.25, 0.3) is 6.08 Å². The van der Waals surface area contributed by atoms with Gasteiger partial charge in [0.05, 0.1) is 18.2 Å². The fourth-order valence-corrected chi connectivity index (χ4v) is 4.13. The van der Waals surface area contributed by atoms with Crippen LogP contribution in [0, 0.1) is 0 Å². The molecule has 0 radical (unpaired) electrons. The molecule has 2 heterocycles. The highest BCUT2D eigenvalue weighted by atomic mass is 16.5. The summed E-state index contributed by atoms with van der Waals surface area (Å²) in [6.45, 7) is 7.12. The summed E-state index contributed by atoms with van der Waals surface area (Å²) in [7, 11) is 0. The molecule has 1 aromatic carbocycles. The maximum Gasteiger partial charge on any atom is 0.315 e. The predicted octanol–water partition coefficient (Wildman–Crippen LogP) is 6.14. The van der Waals surface area contributed by atoms with Crippen LogP contribution in [0.2, 0.25) is 0 Å². The highest BCUT2D eigenvalue weighted by Gasteiger charge is 2.32. The Morgan fingerprint density at radius 1 is 1.03 bits per heavy atom. The molecule has 1 aromatic heterocycles. The van der Waals surface area contributed by atoms with Crippen molar-refractivity contribution in [3.05, 3.63) is 65.5 Å². The third kappa shape index (κ3) is 5.29. The molecule has 1 aliphatic rings. The molecule has 0 N–H and O–H groups in total. The number of unbranched alkanes of at least 4 members (excludes halogenated alkanes) is 6. The molecule has 0 bridgehead atoms. The zero-order chi connectivity index (χ0) is 21.3. The molecular weight excluding hydrogens is 374 g/mol. The van der Waals surface area contributed by atoms with Crippen LogP contribution in [0.5, 0.6) is 0 Å². The molecule has 0 spiro atoms. The van der Waals surface area contributed by atoms with Crippen molar-refractivity contribution in [2.75, 3.05) is 6.61 Å². The quantitative estimate of drug-likeness (QED) is 0.241. The van der Waals surface area contributed by atoms with Crippen LogP contribution in [-0.4, -0.2) is 22.9 Å². The van der Waals surface area contributed by atoms with Gasteiger partial charge in [-0.3, -0.25) is 9.59 Å². The highest BCUT2D eigenvalue weighted by Crippen LogP contribution is 2.32. The number of carbonyl (C=O) groups excluding carboxylic acids is 2. The Labute approximate surface area is 179 Å². The minimum absolute atomic E-state index is 0.0195.